The molecule has 1 heterocycles. The number of carbonyl (C=O) groups excluding carboxylic acids is 1. The summed E-state index contributed by atoms with van der Waals surface area (Å²) in [5, 5.41) is 8.69. The van der Waals surface area contributed by atoms with Gasteiger partial charge < -0.3 is 20.2 Å². The Morgan fingerprint density at radius 3 is 2.47 bits per heavy atom. The minimum Gasteiger partial charge on any atom is -0.497 e. The Kier molecular flexibility index (Phi) is 7.58. The van der Waals surface area contributed by atoms with Gasteiger partial charge in [0.2, 0.25) is 11.1 Å². The molecule has 0 aliphatic rings. The number of nitrogens with zero attached hydrogens (tertiary/aromatic N) is 4. The highest BCUT2D eigenvalue weighted by Gasteiger charge is 2.15. The fourth-order valence-corrected chi connectivity index (χ4v) is 3.57. The fraction of sp³-hybridized carbons (Fsp3) is 0.250. The van der Waals surface area contributed by atoms with Crippen molar-refractivity contribution in [1.29, 1.82) is 0 Å². The second-order valence-corrected chi connectivity index (χ2v) is 8.17. The third kappa shape index (κ3) is 5.67. The summed E-state index contributed by atoms with van der Waals surface area (Å²) in [5.74, 6) is 8.29. The molecule has 30 heavy (non-hydrogen) atoms. The molecule has 1 amide bonds. The van der Waals surface area contributed by atoms with Gasteiger partial charge >= 0.3 is 0 Å². The van der Waals surface area contributed by atoms with E-state index in [1.807, 2.05) is 48.5 Å². The Hall–Kier alpha value is -2.72. The minimum absolute atomic E-state index is 0.0478. The topological polar surface area (TPSA) is 95.5 Å². The third-order valence-electron chi connectivity index (χ3n) is 4.27. The van der Waals surface area contributed by atoms with Gasteiger partial charge in [-0.1, -0.05) is 27.7 Å². The second-order valence-electron chi connectivity index (χ2n) is 6.31. The molecule has 158 valence electrons. The Bertz CT molecular complexity index is 979. The maximum absolute atomic E-state index is 12.4. The van der Waals surface area contributed by atoms with Crippen molar-refractivity contribution in [1.82, 2.24) is 19.8 Å². The molecule has 3 rings (SSSR count). The molecule has 0 aliphatic carbocycles. The average molecular weight is 492 g/mol. The first-order chi connectivity index (χ1) is 14.5. The molecule has 0 radical (unpaired) electrons. The fourth-order valence-electron chi connectivity index (χ4n) is 2.50. The lowest BCUT2D eigenvalue weighted by Crippen LogP contribution is -2.32. The van der Waals surface area contributed by atoms with Gasteiger partial charge in [-0.2, -0.15) is 0 Å². The minimum atomic E-state index is -0.0478. The molecule has 0 saturated heterocycles. The van der Waals surface area contributed by atoms with E-state index >= 15 is 0 Å². The molecule has 1 aromatic heterocycles. The molecule has 0 aliphatic heterocycles. The van der Waals surface area contributed by atoms with E-state index in [-0.39, 0.29) is 11.7 Å². The molecule has 2 N–H and O–H groups in total. The van der Waals surface area contributed by atoms with Crippen LogP contribution < -0.4 is 15.3 Å². The quantitative estimate of drug-likeness (QED) is 0.362. The summed E-state index contributed by atoms with van der Waals surface area (Å²) in [6, 6.07) is 14.9. The third-order valence-corrected chi connectivity index (χ3v) is 5.73. The van der Waals surface area contributed by atoms with E-state index < -0.39 is 0 Å². The van der Waals surface area contributed by atoms with Crippen LogP contribution in [0.5, 0.6) is 11.5 Å². The zero-order valence-corrected chi connectivity index (χ0v) is 19.0. The van der Waals surface area contributed by atoms with Gasteiger partial charge in [-0.15, -0.1) is 10.2 Å². The second kappa shape index (κ2) is 10.4. The number of aromatic nitrogens is 3. The predicted octanol–water partition coefficient (Wildman–Crippen LogP) is 3.06. The standard InChI is InChI=1S/C20H22BrN5O3S/c1-25(11-12-29-17-9-5-15(21)6-10-17)18(27)13-30-20-24-23-19(26(20)22)14-3-7-16(28-2)8-4-14/h3-10H,11-13,22H2,1-2H3. The first-order valence-corrected chi connectivity index (χ1v) is 10.9. The number of likely N-dealkylation sites (N-methyl/N-ethyl adjacent to an activating group) is 1. The summed E-state index contributed by atoms with van der Waals surface area (Å²) in [6.07, 6.45) is 0. The van der Waals surface area contributed by atoms with Crippen LogP contribution in [0.1, 0.15) is 0 Å². The zero-order chi connectivity index (χ0) is 21.5. The molecular formula is C20H22BrN5O3S. The lowest BCUT2D eigenvalue weighted by atomic mass is 10.2. The van der Waals surface area contributed by atoms with E-state index in [1.54, 1.807) is 19.1 Å². The molecule has 2 aromatic carbocycles. The number of rotatable bonds is 9. The van der Waals surface area contributed by atoms with Crippen LogP contribution >= 0.6 is 27.7 Å². The van der Waals surface area contributed by atoms with Gasteiger partial charge in [0.25, 0.3) is 0 Å². The van der Waals surface area contributed by atoms with Crippen LogP contribution in [0.2, 0.25) is 0 Å². The van der Waals surface area contributed by atoms with Crippen molar-refractivity contribution in [3.8, 4) is 22.9 Å². The Balaban J connectivity index is 1.49. The maximum Gasteiger partial charge on any atom is 0.232 e. The molecule has 0 saturated carbocycles. The van der Waals surface area contributed by atoms with Crippen molar-refractivity contribution >= 4 is 33.6 Å². The number of benzene rings is 2. The molecular weight excluding hydrogens is 470 g/mol. The van der Waals surface area contributed by atoms with Gasteiger partial charge in [0.1, 0.15) is 18.1 Å². The number of ether oxygens (including phenoxy) is 2. The number of methoxy groups -OCH3 is 1. The summed E-state index contributed by atoms with van der Waals surface area (Å²) in [6.45, 7) is 0.880. The summed E-state index contributed by atoms with van der Waals surface area (Å²) >= 11 is 4.62. The van der Waals surface area contributed by atoms with Crippen LogP contribution in [0.3, 0.4) is 0 Å². The largest absolute Gasteiger partial charge is 0.497 e. The molecule has 3 aromatic rings. The Morgan fingerprint density at radius 2 is 1.80 bits per heavy atom. The monoisotopic (exact) mass is 491 g/mol. The van der Waals surface area contributed by atoms with Gasteiger partial charge in [-0.25, -0.2) is 4.68 Å². The smallest absolute Gasteiger partial charge is 0.232 e. The van der Waals surface area contributed by atoms with Crippen LogP contribution in [-0.4, -0.2) is 58.7 Å². The van der Waals surface area contributed by atoms with Crippen molar-refractivity contribution in [3.63, 3.8) is 0 Å². The SMILES string of the molecule is COc1ccc(-c2nnc(SCC(=O)N(C)CCOc3ccc(Br)cc3)n2N)cc1. The molecule has 0 atom stereocenters. The lowest BCUT2D eigenvalue weighted by Gasteiger charge is -2.17. The Morgan fingerprint density at radius 1 is 1.13 bits per heavy atom. The van der Waals surface area contributed by atoms with Crippen molar-refractivity contribution in [3.05, 3.63) is 53.0 Å². The number of nitrogen functional groups attached to an aromatic ring is 1. The number of nitrogens with two attached hydrogens (primary N) is 1. The highest BCUT2D eigenvalue weighted by molar-refractivity contribution is 9.10. The summed E-state index contributed by atoms with van der Waals surface area (Å²) < 4.78 is 13.2. The first-order valence-electron chi connectivity index (χ1n) is 9.08. The number of hydrogen-bond acceptors (Lipinski definition) is 7. The van der Waals surface area contributed by atoms with Gasteiger partial charge in [0, 0.05) is 17.1 Å². The van der Waals surface area contributed by atoms with E-state index in [0.717, 1.165) is 21.5 Å². The van der Waals surface area contributed by atoms with Gasteiger partial charge in [0.05, 0.1) is 19.4 Å². The van der Waals surface area contributed by atoms with E-state index in [2.05, 4.69) is 26.1 Å². The number of carbonyl (C=O) groups is 1. The van der Waals surface area contributed by atoms with Crippen LogP contribution in [0.4, 0.5) is 0 Å². The number of amides is 1. The molecule has 0 fully saturated rings. The van der Waals surface area contributed by atoms with Crippen molar-refractivity contribution in [2.24, 2.45) is 0 Å². The van der Waals surface area contributed by atoms with Crippen LogP contribution in [0, 0.1) is 0 Å². The van der Waals surface area contributed by atoms with Gasteiger partial charge in [-0.05, 0) is 48.5 Å². The Labute approximate surface area is 187 Å². The number of hydrogen-bond donors (Lipinski definition) is 1. The molecule has 0 bridgehead atoms. The van der Waals surface area contributed by atoms with Crippen molar-refractivity contribution in [2.45, 2.75) is 5.16 Å². The number of halogens is 1. The average Bonchev–Trinajstić information content (AvgIpc) is 3.13. The molecule has 10 heteroatoms. The maximum atomic E-state index is 12.4. The summed E-state index contributed by atoms with van der Waals surface area (Å²) in [7, 11) is 3.35. The van der Waals surface area contributed by atoms with E-state index in [1.165, 1.54) is 16.4 Å². The summed E-state index contributed by atoms with van der Waals surface area (Å²) in [4.78, 5) is 14.0. The predicted molar refractivity (Wildman–Crippen MR) is 120 cm³/mol. The highest BCUT2D eigenvalue weighted by Crippen LogP contribution is 2.23. The zero-order valence-electron chi connectivity index (χ0n) is 16.6. The van der Waals surface area contributed by atoms with E-state index in [4.69, 9.17) is 15.3 Å². The highest BCUT2D eigenvalue weighted by atomic mass is 79.9. The first kappa shape index (κ1) is 22.0. The lowest BCUT2D eigenvalue weighted by molar-refractivity contribution is -0.127. The molecule has 8 nitrogen and oxygen atoms in total. The summed E-state index contributed by atoms with van der Waals surface area (Å²) in [5.41, 5.74) is 0.811. The molecule has 0 unspecified atom stereocenters. The van der Waals surface area contributed by atoms with Crippen molar-refractivity contribution in [2.75, 3.05) is 38.9 Å². The van der Waals surface area contributed by atoms with Crippen molar-refractivity contribution < 1.29 is 14.3 Å². The van der Waals surface area contributed by atoms with Crippen LogP contribution in [0.15, 0.2) is 58.2 Å². The van der Waals surface area contributed by atoms with Gasteiger partial charge in [0.15, 0.2) is 5.82 Å². The van der Waals surface area contributed by atoms with E-state index in [9.17, 15) is 4.79 Å². The molecule has 0 spiro atoms. The number of thioether (sulfide) groups is 1. The van der Waals surface area contributed by atoms with Crippen LogP contribution in [-0.2, 0) is 4.79 Å². The van der Waals surface area contributed by atoms with Gasteiger partial charge in [-0.3, -0.25) is 4.79 Å². The van der Waals surface area contributed by atoms with Crippen LogP contribution in [0.25, 0.3) is 11.4 Å². The normalized spacial score (nSPS) is 10.6. The van der Waals surface area contributed by atoms with E-state index in [0.29, 0.717) is 24.1 Å².